The van der Waals surface area contributed by atoms with Crippen molar-refractivity contribution >= 4 is 21.8 Å². The van der Waals surface area contributed by atoms with Gasteiger partial charge in [0.1, 0.15) is 0 Å². The molecule has 0 aliphatic carbocycles. The number of carbonyl (C=O) groups is 1. The molecule has 100 valence electrons. The van der Waals surface area contributed by atoms with E-state index in [1.165, 1.54) is 0 Å². The number of rotatable bonds is 5. The molecule has 1 N–H and O–H groups in total. The van der Waals surface area contributed by atoms with E-state index >= 15 is 0 Å². The van der Waals surface area contributed by atoms with Crippen molar-refractivity contribution in [2.75, 3.05) is 0 Å². The fraction of sp³-hybridized carbons (Fsp3) is 0.533. The Morgan fingerprint density at radius 2 is 1.94 bits per heavy atom. The molecule has 0 saturated carbocycles. The Kier molecular flexibility index (Phi) is 5.86. The van der Waals surface area contributed by atoms with Crippen LogP contribution in [-0.2, 0) is 0 Å². The zero-order chi connectivity index (χ0) is 13.7. The summed E-state index contributed by atoms with van der Waals surface area (Å²) < 4.78 is 0.888. The molecule has 0 aromatic heterocycles. The molecule has 1 atom stereocenters. The molecule has 3 heteroatoms. The van der Waals surface area contributed by atoms with E-state index in [0.29, 0.717) is 11.5 Å². The number of amides is 1. The molecule has 1 unspecified atom stereocenters. The van der Waals surface area contributed by atoms with E-state index in [4.69, 9.17) is 0 Å². The van der Waals surface area contributed by atoms with Gasteiger partial charge >= 0.3 is 0 Å². The lowest BCUT2D eigenvalue weighted by Crippen LogP contribution is -2.37. The molecule has 0 bridgehead atoms. The van der Waals surface area contributed by atoms with Crippen LogP contribution in [0.15, 0.2) is 22.7 Å². The van der Waals surface area contributed by atoms with Gasteiger partial charge in [0.15, 0.2) is 0 Å². The highest BCUT2D eigenvalue weighted by molar-refractivity contribution is 9.10. The summed E-state index contributed by atoms with van der Waals surface area (Å²) in [5.41, 5.74) is 1.80. The molecule has 0 fully saturated rings. The molecule has 0 aliphatic heterocycles. The highest BCUT2D eigenvalue weighted by Crippen LogP contribution is 2.21. The van der Waals surface area contributed by atoms with Crippen LogP contribution in [0.25, 0.3) is 0 Å². The number of benzene rings is 1. The van der Waals surface area contributed by atoms with Crippen LogP contribution in [0.4, 0.5) is 0 Å². The predicted molar refractivity (Wildman–Crippen MR) is 79.9 cm³/mol. The van der Waals surface area contributed by atoms with Crippen molar-refractivity contribution in [1.82, 2.24) is 5.32 Å². The normalized spacial score (nSPS) is 12.6. The highest BCUT2D eigenvalue weighted by atomic mass is 79.9. The second kappa shape index (κ2) is 6.93. The summed E-state index contributed by atoms with van der Waals surface area (Å²) in [4.78, 5) is 12.2. The Morgan fingerprint density at radius 3 is 2.50 bits per heavy atom. The first kappa shape index (κ1) is 15.2. The summed E-state index contributed by atoms with van der Waals surface area (Å²) in [6.45, 7) is 8.41. The smallest absolute Gasteiger partial charge is 0.252 e. The summed E-state index contributed by atoms with van der Waals surface area (Å²) in [5.74, 6) is 0.544. The van der Waals surface area contributed by atoms with Crippen LogP contribution < -0.4 is 5.32 Å². The predicted octanol–water partition coefficient (Wildman–Crippen LogP) is 4.31. The molecule has 1 aromatic rings. The second-order valence-corrected chi connectivity index (χ2v) is 5.57. The third-order valence-electron chi connectivity index (χ3n) is 3.55. The number of aryl methyl sites for hydroxylation is 1. The highest BCUT2D eigenvalue weighted by Gasteiger charge is 2.18. The molecule has 18 heavy (non-hydrogen) atoms. The van der Waals surface area contributed by atoms with Crippen molar-refractivity contribution in [1.29, 1.82) is 0 Å². The Bertz CT molecular complexity index is 413. The van der Waals surface area contributed by atoms with Gasteiger partial charge in [0.25, 0.3) is 5.91 Å². The minimum absolute atomic E-state index is 0.00461. The fourth-order valence-corrected chi connectivity index (χ4v) is 2.67. The van der Waals surface area contributed by atoms with Crippen LogP contribution in [0.3, 0.4) is 0 Å². The maximum Gasteiger partial charge on any atom is 0.252 e. The zero-order valence-electron chi connectivity index (χ0n) is 11.6. The molecule has 0 spiro atoms. The first-order valence-corrected chi connectivity index (χ1v) is 7.36. The van der Waals surface area contributed by atoms with Crippen molar-refractivity contribution in [2.45, 2.75) is 46.6 Å². The SMILES string of the molecule is CCC(CC)C(C)NC(=O)c1cccc(C)c1Br. The van der Waals surface area contributed by atoms with Crippen LogP contribution >= 0.6 is 15.9 Å². The van der Waals surface area contributed by atoms with Gasteiger partial charge in [-0.05, 0) is 47.3 Å². The van der Waals surface area contributed by atoms with E-state index in [9.17, 15) is 4.79 Å². The third kappa shape index (κ3) is 3.58. The number of halogens is 1. The molecule has 0 aliphatic rings. The number of hydrogen-bond donors (Lipinski definition) is 1. The molecular formula is C15H22BrNO. The van der Waals surface area contributed by atoms with Gasteiger partial charge in [-0.2, -0.15) is 0 Å². The lowest BCUT2D eigenvalue weighted by atomic mass is 9.95. The van der Waals surface area contributed by atoms with Crippen LogP contribution in [0.2, 0.25) is 0 Å². The number of carbonyl (C=O) groups excluding carboxylic acids is 1. The second-order valence-electron chi connectivity index (χ2n) is 4.78. The molecule has 2 nitrogen and oxygen atoms in total. The van der Waals surface area contributed by atoms with Gasteiger partial charge < -0.3 is 5.32 Å². The lowest BCUT2D eigenvalue weighted by molar-refractivity contribution is 0.0924. The Hall–Kier alpha value is -0.830. The first-order valence-electron chi connectivity index (χ1n) is 6.57. The monoisotopic (exact) mass is 311 g/mol. The maximum absolute atomic E-state index is 12.2. The lowest BCUT2D eigenvalue weighted by Gasteiger charge is -2.22. The standard InChI is InChI=1S/C15H22BrNO/c1-5-12(6-2)11(4)17-15(18)13-9-7-8-10(3)14(13)16/h7-9,11-12H,5-6H2,1-4H3,(H,17,18). The quantitative estimate of drug-likeness (QED) is 0.862. The van der Waals surface area contributed by atoms with Crippen molar-refractivity contribution in [3.63, 3.8) is 0 Å². The van der Waals surface area contributed by atoms with Crippen molar-refractivity contribution < 1.29 is 4.79 Å². The van der Waals surface area contributed by atoms with Gasteiger partial charge in [-0.25, -0.2) is 0 Å². The summed E-state index contributed by atoms with van der Waals surface area (Å²) in [7, 11) is 0. The van der Waals surface area contributed by atoms with E-state index in [2.05, 4.69) is 42.0 Å². The summed E-state index contributed by atoms with van der Waals surface area (Å²) in [5, 5.41) is 3.10. The molecule has 1 aromatic carbocycles. The fourth-order valence-electron chi connectivity index (χ4n) is 2.22. The van der Waals surface area contributed by atoms with E-state index in [-0.39, 0.29) is 11.9 Å². The third-order valence-corrected chi connectivity index (χ3v) is 4.60. The van der Waals surface area contributed by atoms with E-state index in [0.717, 1.165) is 22.9 Å². The summed E-state index contributed by atoms with van der Waals surface area (Å²) in [6.07, 6.45) is 2.18. The maximum atomic E-state index is 12.2. The average Bonchev–Trinajstić information content (AvgIpc) is 2.34. The Labute approximate surface area is 118 Å². The van der Waals surface area contributed by atoms with E-state index in [1.54, 1.807) is 0 Å². The molecule has 1 amide bonds. The topological polar surface area (TPSA) is 29.1 Å². The Balaban J connectivity index is 2.79. The Morgan fingerprint density at radius 1 is 1.33 bits per heavy atom. The first-order chi connectivity index (χ1) is 8.51. The molecule has 1 rings (SSSR count). The van der Waals surface area contributed by atoms with Gasteiger partial charge in [-0.3, -0.25) is 4.79 Å². The molecule has 0 saturated heterocycles. The largest absolute Gasteiger partial charge is 0.349 e. The van der Waals surface area contributed by atoms with Crippen LogP contribution in [-0.4, -0.2) is 11.9 Å². The van der Waals surface area contributed by atoms with Crippen LogP contribution in [0, 0.1) is 12.8 Å². The van der Waals surface area contributed by atoms with Crippen molar-refractivity contribution in [3.8, 4) is 0 Å². The minimum Gasteiger partial charge on any atom is -0.349 e. The molecule has 0 radical (unpaired) electrons. The zero-order valence-corrected chi connectivity index (χ0v) is 13.2. The van der Waals surface area contributed by atoms with Gasteiger partial charge in [0, 0.05) is 10.5 Å². The van der Waals surface area contributed by atoms with Gasteiger partial charge in [-0.15, -0.1) is 0 Å². The van der Waals surface area contributed by atoms with Crippen molar-refractivity contribution in [2.24, 2.45) is 5.92 Å². The average molecular weight is 312 g/mol. The van der Waals surface area contributed by atoms with Gasteiger partial charge in [0.2, 0.25) is 0 Å². The van der Waals surface area contributed by atoms with Crippen LogP contribution in [0.5, 0.6) is 0 Å². The van der Waals surface area contributed by atoms with Crippen LogP contribution in [0.1, 0.15) is 49.5 Å². The van der Waals surface area contributed by atoms with Gasteiger partial charge in [-0.1, -0.05) is 38.8 Å². The summed E-state index contributed by atoms with van der Waals surface area (Å²) in [6, 6.07) is 5.97. The minimum atomic E-state index is 0.00461. The summed E-state index contributed by atoms with van der Waals surface area (Å²) >= 11 is 3.48. The molecular weight excluding hydrogens is 290 g/mol. The van der Waals surface area contributed by atoms with Gasteiger partial charge in [0.05, 0.1) is 5.56 Å². The number of nitrogens with one attached hydrogen (secondary N) is 1. The van der Waals surface area contributed by atoms with Crippen molar-refractivity contribution in [3.05, 3.63) is 33.8 Å². The van der Waals surface area contributed by atoms with E-state index < -0.39 is 0 Å². The molecule has 0 heterocycles. The number of hydrogen-bond acceptors (Lipinski definition) is 1. The van der Waals surface area contributed by atoms with E-state index in [1.807, 2.05) is 25.1 Å².